The number of rotatable bonds is 16. The van der Waals surface area contributed by atoms with Crippen molar-refractivity contribution in [2.75, 3.05) is 0 Å². The SMILES string of the molecule is CCCCCCCCC(/C=C/CCCCCCC(=O)[O-])S(=O)(=O)[O-]. The average Bonchev–Trinajstić information content (AvgIpc) is 2.49. The number of carbonyl (C=O) groups excluding carboxylic acids is 1. The fraction of sp³-hybridized carbons (Fsp3) is 0.833. The summed E-state index contributed by atoms with van der Waals surface area (Å²) in [5.41, 5.74) is 0. The van der Waals surface area contributed by atoms with Gasteiger partial charge in [0.05, 0.1) is 5.25 Å². The monoisotopic (exact) mass is 360 g/mol. The van der Waals surface area contributed by atoms with Gasteiger partial charge in [-0.2, -0.15) is 0 Å². The number of carboxylic acids is 1. The molecule has 1 unspecified atom stereocenters. The number of carbonyl (C=O) groups is 1. The molecule has 142 valence electrons. The van der Waals surface area contributed by atoms with E-state index in [0.29, 0.717) is 19.3 Å². The lowest BCUT2D eigenvalue weighted by molar-refractivity contribution is -0.305. The van der Waals surface area contributed by atoms with Gasteiger partial charge in [-0.15, -0.1) is 0 Å². The fourth-order valence-corrected chi connectivity index (χ4v) is 3.35. The van der Waals surface area contributed by atoms with E-state index in [-0.39, 0.29) is 6.42 Å². The number of allylic oxidation sites excluding steroid dienone is 1. The molecule has 1 atom stereocenters. The van der Waals surface area contributed by atoms with E-state index in [4.69, 9.17) is 0 Å². The molecule has 0 N–H and O–H groups in total. The zero-order valence-corrected chi connectivity index (χ0v) is 15.7. The molecule has 24 heavy (non-hydrogen) atoms. The van der Waals surface area contributed by atoms with E-state index >= 15 is 0 Å². The van der Waals surface area contributed by atoms with Gasteiger partial charge in [-0.05, 0) is 32.1 Å². The molecule has 0 aromatic rings. The molecule has 0 amide bonds. The molecule has 0 fully saturated rings. The normalized spacial score (nSPS) is 13.4. The van der Waals surface area contributed by atoms with E-state index in [1.807, 2.05) is 0 Å². The average molecular weight is 361 g/mol. The van der Waals surface area contributed by atoms with Gasteiger partial charge >= 0.3 is 0 Å². The van der Waals surface area contributed by atoms with E-state index in [1.165, 1.54) is 25.3 Å². The van der Waals surface area contributed by atoms with Gasteiger partial charge in [0, 0.05) is 5.97 Å². The van der Waals surface area contributed by atoms with Gasteiger partial charge in [0.2, 0.25) is 0 Å². The Morgan fingerprint density at radius 1 is 0.958 bits per heavy atom. The zero-order chi connectivity index (χ0) is 18.3. The summed E-state index contributed by atoms with van der Waals surface area (Å²) in [4.78, 5) is 10.3. The summed E-state index contributed by atoms with van der Waals surface area (Å²) in [6.45, 7) is 2.15. The van der Waals surface area contributed by atoms with E-state index in [1.54, 1.807) is 6.08 Å². The number of aliphatic carboxylic acids is 1. The summed E-state index contributed by atoms with van der Waals surface area (Å²) in [7, 11) is -4.28. The van der Waals surface area contributed by atoms with Crippen molar-refractivity contribution in [1.82, 2.24) is 0 Å². The van der Waals surface area contributed by atoms with Crippen molar-refractivity contribution in [2.45, 2.75) is 95.6 Å². The third kappa shape index (κ3) is 14.7. The molecule has 0 saturated heterocycles. The maximum atomic E-state index is 11.3. The van der Waals surface area contributed by atoms with Crippen LogP contribution in [0.5, 0.6) is 0 Å². The van der Waals surface area contributed by atoms with Crippen LogP contribution in [0, 0.1) is 0 Å². The number of hydrogen-bond donors (Lipinski definition) is 0. The lowest BCUT2D eigenvalue weighted by atomic mass is 10.1. The molecular formula is C18H32O5S-2. The predicted molar refractivity (Wildman–Crippen MR) is 93.3 cm³/mol. The van der Waals surface area contributed by atoms with Crippen LogP contribution in [0.25, 0.3) is 0 Å². The Kier molecular flexibility index (Phi) is 13.9. The van der Waals surface area contributed by atoms with Crippen molar-refractivity contribution >= 4 is 16.1 Å². The van der Waals surface area contributed by atoms with Crippen molar-refractivity contribution in [1.29, 1.82) is 0 Å². The lowest BCUT2D eigenvalue weighted by Gasteiger charge is -2.17. The highest BCUT2D eigenvalue weighted by Gasteiger charge is 2.11. The summed E-state index contributed by atoms with van der Waals surface area (Å²) < 4.78 is 33.9. The molecule has 5 nitrogen and oxygen atoms in total. The molecule has 0 saturated carbocycles. The van der Waals surface area contributed by atoms with E-state index < -0.39 is 21.3 Å². The molecule has 0 spiro atoms. The van der Waals surface area contributed by atoms with Crippen LogP contribution in [0.4, 0.5) is 0 Å². The van der Waals surface area contributed by atoms with Crippen molar-refractivity contribution in [3.8, 4) is 0 Å². The third-order valence-corrected chi connectivity index (χ3v) is 5.20. The Labute approximate surface area is 147 Å². The Balaban J connectivity index is 3.92. The zero-order valence-electron chi connectivity index (χ0n) is 14.9. The minimum absolute atomic E-state index is 0.0879. The Bertz CT molecular complexity index is 442. The van der Waals surface area contributed by atoms with Crippen LogP contribution in [-0.4, -0.2) is 24.2 Å². The van der Waals surface area contributed by atoms with Gasteiger partial charge in [-0.25, -0.2) is 8.42 Å². The number of hydrogen-bond acceptors (Lipinski definition) is 5. The molecule has 0 bridgehead atoms. The standard InChI is InChI=1S/C18H34O5S/c1-2-3-4-5-8-11-14-17(24(21,22)23)15-12-9-6-7-10-13-16-18(19)20/h12,15,17H,2-11,13-14,16H2,1H3,(H,19,20)(H,21,22,23)/p-2/b15-12+. The first-order valence-corrected chi connectivity index (χ1v) is 10.7. The minimum Gasteiger partial charge on any atom is -0.747 e. The predicted octanol–water partition coefficient (Wildman–Crippen LogP) is 3.30. The molecule has 0 aromatic heterocycles. The number of carboxylic acid groups (broad SMARTS) is 1. The quantitative estimate of drug-likeness (QED) is 0.239. The molecule has 0 aromatic carbocycles. The fourth-order valence-electron chi connectivity index (χ4n) is 2.60. The summed E-state index contributed by atoms with van der Waals surface area (Å²) in [5.74, 6) is -1.02. The molecule has 6 heteroatoms. The first kappa shape index (κ1) is 23.1. The first-order valence-electron chi connectivity index (χ1n) is 9.19. The van der Waals surface area contributed by atoms with Gasteiger partial charge in [0.15, 0.2) is 0 Å². The van der Waals surface area contributed by atoms with E-state index in [0.717, 1.165) is 38.5 Å². The summed E-state index contributed by atoms with van der Waals surface area (Å²) in [6, 6.07) is 0. The van der Waals surface area contributed by atoms with Crippen molar-refractivity contribution in [3.05, 3.63) is 12.2 Å². The van der Waals surface area contributed by atoms with Gasteiger partial charge < -0.3 is 14.5 Å². The highest BCUT2D eigenvalue weighted by Crippen LogP contribution is 2.15. The first-order chi connectivity index (χ1) is 11.4. The molecule has 0 heterocycles. The topological polar surface area (TPSA) is 97.3 Å². The second-order valence-electron chi connectivity index (χ2n) is 6.34. The third-order valence-electron chi connectivity index (χ3n) is 4.07. The second-order valence-corrected chi connectivity index (χ2v) is 7.93. The Morgan fingerprint density at radius 2 is 1.54 bits per heavy atom. The van der Waals surface area contributed by atoms with Crippen molar-refractivity contribution in [2.24, 2.45) is 0 Å². The molecule has 0 radical (unpaired) electrons. The molecule has 0 aliphatic rings. The summed E-state index contributed by atoms with van der Waals surface area (Å²) in [5, 5.41) is 9.34. The largest absolute Gasteiger partial charge is 0.747 e. The smallest absolute Gasteiger partial charge is 0.101 e. The van der Waals surface area contributed by atoms with Gasteiger partial charge in [-0.1, -0.05) is 70.4 Å². The van der Waals surface area contributed by atoms with Crippen LogP contribution >= 0.6 is 0 Å². The highest BCUT2D eigenvalue weighted by atomic mass is 32.2. The van der Waals surface area contributed by atoms with Crippen LogP contribution in [0.1, 0.15) is 90.4 Å². The van der Waals surface area contributed by atoms with Crippen molar-refractivity contribution < 1.29 is 22.9 Å². The van der Waals surface area contributed by atoms with Crippen LogP contribution in [0.15, 0.2) is 12.2 Å². The van der Waals surface area contributed by atoms with Crippen LogP contribution in [0.3, 0.4) is 0 Å². The molecular weight excluding hydrogens is 328 g/mol. The molecule has 0 aliphatic carbocycles. The molecule has 0 aliphatic heterocycles. The second kappa shape index (κ2) is 14.5. The number of unbranched alkanes of at least 4 members (excludes halogenated alkanes) is 9. The van der Waals surface area contributed by atoms with E-state index in [2.05, 4.69) is 6.92 Å². The summed E-state index contributed by atoms with van der Waals surface area (Å²) >= 11 is 0. The van der Waals surface area contributed by atoms with Crippen molar-refractivity contribution in [3.63, 3.8) is 0 Å². The Hall–Kier alpha value is -0.880. The van der Waals surface area contributed by atoms with Gasteiger partial charge in [0.1, 0.15) is 10.1 Å². The minimum atomic E-state index is -4.28. The Morgan fingerprint density at radius 3 is 2.17 bits per heavy atom. The maximum absolute atomic E-state index is 11.3. The van der Waals surface area contributed by atoms with Crippen LogP contribution in [-0.2, 0) is 14.9 Å². The van der Waals surface area contributed by atoms with Gasteiger partial charge in [0.25, 0.3) is 0 Å². The van der Waals surface area contributed by atoms with E-state index in [9.17, 15) is 22.9 Å². The lowest BCUT2D eigenvalue weighted by Crippen LogP contribution is -2.21. The molecule has 0 rings (SSSR count). The maximum Gasteiger partial charge on any atom is 0.101 e. The van der Waals surface area contributed by atoms with Crippen LogP contribution < -0.4 is 5.11 Å². The van der Waals surface area contributed by atoms with Crippen LogP contribution in [0.2, 0.25) is 0 Å². The highest BCUT2D eigenvalue weighted by molar-refractivity contribution is 7.86. The summed E-state index contributed by atoms with van der Waals surface area (Å²) in [6.07, 6.45) is 14.1. The van der Waals surface area contributed by atoms with Gasteiger partial charge in [-0.3, -0.25) is 0 Å².